The maximum absolute atomic E-state index is 9.35. The first-order valence-corrected chi connectivity index (χ1v) is 6.02. The molecule has 1 heterocycles. The van der Waals surface area contributed by atoms with E-state index in [0.717, 1.165) is 17.8 Å². The van der Waals surface area contributed by atoms with Gasteiger partial charge in [0, 0.05) is 24.3 Å². The summed E-state index contributed by atoms with van der Waals surface area (Å²) >= 11 is 0. The Hall–Kier alpha value is -1.09. The van der Waals surface area contributed by atoms with Gasteiger partial charge >= 0.3 is 0 Å². The highest BCUT2D eigenvalue weighted by atomic mass is 16.3. The SMILES string of the molecule is CC(C)CN(c1cnccc1CO)C1CC1. The standard InChI is InChI=1S/C13H20N2O/c1-10(2)8-15(12-3-4-12)13-7-14-6-5-11(13)9-16/h5-7,10,12,16H,3-4,8-9H2,1-2H3. The van der Waals surface area contributed by atoms with Crippen LogP contribution in [0.2, 0.25) is 0 Å². The molecule has 0 unspecified atom stereocenters. The average molecular weight is 220 g/mol. The Kier molecular flexibility index (Phi) is 3.44. The van der Waals surface area contributed by atoms with Crippen molar-refractivity contribution in [3.8, 4) is 0 Å². The van der Waals surface area contributed by atoms with E-state index in [1.54, 1.807) is 6.20 Å². The first kappa shape index (κ1) is 11.4. The van der Waals surface area contributed by atoms with Crippen LogP contribution < -0.4 is 4.90 Å². The van der Waals surface area contributed by atoms with Crippen LogP contribution in [0.3, 0.4) is 0 Å². The Bertz CT molecular complexity index is 348. The van der Waals surface area contributed by atoms with Gasteiger partial charge in [-0.2, -0.15) is 0 Å². The topological polar surface area (TPSA) is 36.4 Å². The number of hydrogen-bond acceptors (Lipinski definition) is 3. The van der Waals surface area contributed by atoms with Crippen molar-refractivity contribution in [1.29, 1.82) is 0 Å². The van der Waals surface area contributed by atoms with E-state index in [1.807, 2.05) is 12.3 Å². The molecule has 1 fully saturated rings. The Balaban J connectivity index is 2.23. The second kappa shape index (κ2) is 4.83. The Morgan fingerprint density at radius 2 is 2.25 bits per heavy atom. The minimum atomic E-state index is 0.0964. The normalized spacial score (nSPS) is 15.5. The summed E-state index contributed by atoms with van der Waals surface area (Å²) in [7, 11) is 0. The van der Waals surface area contributed by atoms with Crippen LogP contribution in [0.1, 0.15) is 32.3 Å². The number of nitrogens with zero attached hydrogens (tertiary/aromatic N) is 2. The maximum Gasteiger partial charge on any atom is 0.0703 e. The summed E-state index contributed by atoms with van der Waals surface area (Å²) in [6, 6.07) is 2.57. The van der Waals surface area contributed by atoms with E-state index in [0.29, 0.717) is 12.0 Å². The Morgan fingerprint density at radius 1 is 1.50 bits per heavy atom. The first-order valence-electron chi connectivity index (χ1n) is 6.02. The smallest absolute Gasteiger partial charge is 0.0703 e. The van der Waals surface area contributed by atoms with E-state index in [4.69, 9.17) is 0 Å². The van der Waals surface area contributed by atoms with Gasteiger partial charge < -0.3 is 10.0 Å². The molecule has 0 aromatic carbocycles. The van der Waals surface area contributed by atoms with Crippen molar-refractivity contribution in [3.63, 3.8) is 0 Å². The zero-order chi connectivity index (χ0) is 11.5. The molecule has 1 aliphatic rings. The first-order chi connectivity index (χ1) is 7.72. The van der Waals surface area contributed by atoms with E-state index in [2.05, 4.69) is 23.7 Å². The molecule has 0 bridgehead atoms. The summed E-state index contributed by atoms with van der Waals surface area (Å²) in [5.74, 6) is 0.632. The molecule has 16 heavy (non-hydrogen) atoms. The van der Waals surface area contributed by atoms with Crippen LogP contribution in [0.5, 0.6) is 0 Å². The highest BCUT2D eigenvalue weighted by molar-refractivity contribution is 5.53. The highest BCUT2D eigenvalue weighted by Gasteiger charge is 2.30. The molecule has 1 aliphatic carbocycles. The molecule has 1 aromatic rings. The summed E-state index contributed by atoms with van der Waals surface area (Å²) < 4.78 is 0. The molecule has 0 atom stereocenters. The van der Waals surface area contributed by atoms with Gasteiger partial charge in [0.15, 0.2) is 0 Å². The van der Waals surface area contributed by atoms with E-state index < -0.39 is 0 Å². The molecule has 0 saturated heterocycles. The molecule has 0 aliphatic heterocycles. The molecular formula is C13H20N2O. The van der Waals surface area contributed by atoms with Crippen molar-refractivity contribution in [2.75, 3.05) is 11.4 Å². The van der Waals surface area contributed by atoms with Crippen LogP contribution in [-0.4, -0.2) is 22.7 Å². The van der Waals surface area contributed by atoms with Crippen molar-refractivity contribution in [2.24, 2.45) is 5.92 Å². The summed E-state index contributed by atoms with van der Waals surface area (Å²) in [5.41, 5.74) is 2.10. The number of aliphatic hydroxyl groups is 1. The van der Waals surface area contributed by atoms with Crippen molar-refractivity contribution < 1.29 is 5.11 Å². The van der Waals surface area contributed by atoms with Crippen LogP contribution in [0.4, 0.5) is 5.69 Å². The number of aromatic nitrogens is 1. The molecular weight excluding hydrogens is 200 g/mol. The van der Waals surface area contributed by atoms with Crippen molar-refractivity contribution >= 4 is 5.69 Å². The van der Waals surface area contributed by atoms with Crippen LogP contribution >= 0.6 is 0 Å². The van der Waals surface area contributed by atoms with Crippen LogP contribution in [-0.2, 0) is 6.61 Å². The molecule has 0 spiro atoms. The second-order valence-corrected chi connectivity index (χ2v) is 4.94. The Labute approximate surface area is 97.1 Å². The van der Waals surface area contributed by atoms with Crippen molar-refractivity contribution in [3.05, 3.63) is 24.0 Å². The lowest BCUT2D eigenvalue weighted by Gasteiger charge is -2.28. The maximum atomic E-state index is 9.35. The summed E-state index contributed by atoms with van der Waals surface area (Å²) in [6.07, 6.45) is 6.17. The van der Waals surface area contributed by atoms with Gasteiger partial charge in [-0.25, -0.2) is 0 Å². The number of hydrogen-bond donors (Lipinski definition) is 1. The van der Waals surface area contributed by atoms with Gasteiger partial charge in [-0.05, 0) is 24.8 Å². The number of rotatable bonds is 5. The molecule has 0 amide bonds. The summed E-state index contributed by atoms with van der Waals surface area (Å²) in [6.45, 7) is 5.59. The largest absolute Gasteiger partial charge is 0.392 e. The zero-order valence-corrected chi connectivity index (χ0v) is 10.1. The van der Waals surface area contributed by atoms with Gasteiger partial charge in [-0.3, -0.25) is 4.98 Å². The lowest BCUT2D eigenvalue weighted by Crippen LogP contribution is -2.30. The van der Waals surface area contributed by atoms with Crippen molar-refractivity contribution in [2.45, 2.75) is 39.3 Å². The minimum absolute atomic E-state index is 0.0964. The van der Waals surface area contributed by atoms with Crippen molar-refractivity contribution in [1.82, 2.24) is 4.98 Å². The van der Waals surface area contributed by atoms with Gasteiger partial charge in [-0.15, -0.1) is 0 Å². The number of anilines is 1. The van der Waals surface area contributed by atoms with E-state index >= 15 is 0 Å². The Morgan fingerprint density at radius 3 is 2.81 bits per heavy atom. The van der Waals surface area contributed by atoms with Gasteiger partial charge in [0.2, 0.25) is 0 Å². The fourth-order valence-corrected chi connectivity index (χ4v) is 2.03. The van der Waals surface area contributed by atoms with E-state index in [9.17, 15) is 5.11 Å². The number of pyridine rings is 1. The third-order valence-electron chi connectivity index (χ3n) is 2.92. The zero-order valence-electron chi connectivity index (χ0n) is 10.1. The molecule has 1 N–H and O–H groups in total. The lowest BCUT2D eigenvalue weighted by molar-refractivity contribution is 0.281. The van der Waals surface area contributed by atoms with Crippen LogP contribution in [0.15, 0.2) is 18.5 Å². The fourth-order valence-electron chi connectivity index (χ4n) is 2.03. The molecule has 3 heteroatoms. The molecule has 2 rings (SSSR count). The molecule has 1 aromatic heterocycles. The third kappa shape index (κ3) is 2.53. The summed E-state index contributed by atoms with van der Waals surface area (Å²) in [5, 5.41) is 9.35. The predicted molar refractivity (Wildman–Crippen MR) is 65.4 cm³/mol. The van der Waals surface area contributed by atoms with Gasteiger partial charge in [-0.1, -0.05) is 13.8 Å². The average Bonchev–Trinajstić information content (AvgIpc) is 3.09. The van der Waals surface area contributed by atoms with Gasteiger partial charge in [0.05, 0.1) is 18.5 Å². The second-order valence-electron chi connectivity index (χ2n) is 4.94. The third-order valence-corrected chi connectivity index (χ3v) is 2.92. The van der Waals surface area contributed by atoms with Crippen LogP contribution in [0.25, 0.3) is 0 Å². The molecule has 3 nitrogen and oxygen atoms in total. The summed E-state index contributed by atoms with van der Waals surface area (Å²) in [4.78, 5) is 6.58. The highest BCUT2D eigenvalue weighted by Crippen LogP contribution is 2.33. The van der Waals surface area contributed by atoms with E-state index in [1.165, 1.54) is 12.8 Å². The molecule has 88 valence electrons. The lowest BCUT2D eigenvalue weighted by atomic mass is 10.1. The predicted octanol–water partition coefficient (Wildman–Crippen LogP) is 2.20. The monoisotopic (exact) mass is 220 g/mol. The quantitative estimate of drug-likeness (QED) is 0.826. The molecule has 1 saturated carbocycles. The fraction of sp³-hybridized carbons (Fsp3) is 0.615. The minimum Gasteiger partial charge on any atom is -0.392 e. The van der Waals surface area contributed by atoms with Gasteiger partial charge in [0.1, 0.15) is 0 Å². The van der Waals surface area contributed by atoms with E-state index in [-0.39, 0.29) is 6.61 Å². The van der Waals surface area contributed by atoms with Crippen LogP contribution in [0, 0.1) is 5.92 Å². The van der Waals surface area contributed by atoms with Gasteiger partial charge in [0.25, 0.3) is 0 Å². The number of aliphatic hydroxyl groups excluding tert-OH is 1. The molecule has 0 radical (unpaired) electrons.